The summed E-state index contributed by atoms with van der Waals surface area (Å²) in [6, 6.07) is -2.40. The molecule has 0 bridgehead atoms. The van der Waals surface area contributed by atoms with Gasteiger partial charge in [-0.25, -0.2) is 0 Å². The number of ether oxygens (including phenoxy) is 3. The molecule has 0 aromatic heterocycles. The second kappa shape index (κ2) is 35.3. The van der Waals surface area contributed by atoms with Gasteiger partial charge in [0.15, 0.2) is 6.29 Å². The monoisotopic (exact) mass is 842 g/mol. The Morgan fingerprint density at radius 2 is 0.983 bits per heavy atom. The number of amides is 3. The molecule has 3 amide bonds. The second-order valence-electron chi connectivity index (χ2n) is 16.9. The maximum Gasteiger partial charge on any atom is 0.305 e. The van der Waals surface area contributed by atoms with Gasteiger partial charge in [-0.15, -0.1) is 0 Å². The van der Waals surface area contributed by atoms with Gasteiger partial charge >= 0.3 is 5.97 Å². The molecular formula is C46H87N3O10. The number of carbonyl (C=O) groups excluding carboxylic acids is 4. The fourth-order valence-corrected chi connectivity index (χ4v) is 7.76. The second-order valence-corrected chi connectivity index (χ2v) is 16.9. The van der Waals surface area contributed by atoms with E-state index in [9.17, 15) is 34.5 Å². The minimum absolute atomic E-state index is 0.0355. The Kier molecular flexibility index (Phi) is 32.7. The van der Waals surface area contributed by atoms with Gasteiger partial charge in [-0.1, -0.05) is 168 Å². The molecule has 346 valence electrons. The lowest BCUT2D eigenvalue weighted by molar-refractivity contribution is -0.293. The third-order valence-electron chi connectivity index (χ3n) is 11.8. The van der Waals surface area contributed by atoms with Crippen molar-refractivity contribution in [3.63, 3.8) is 0 Å². The molecule has 0 unspecified atom stereocenters. The predicted molar refractivity (Wildman–Crippen MR) is 232 cm³/mol. The molecule has 1 heterocycles. The zero-order valence-corrected chi connectivity index (χ0v) is 37.8. The van der Waals surface area contributed by atoms with Crippen LogP contribution in [0.15, 0.2) is 0 Å². The molecule has 13 nitrogen and oxygen atoms in total. The van der Waals surface area contributed by atoms with Gasteiger partial charge in [-0.05, 0) is 26.2 Å². The van der Waals surface area contributed by atoms with Crippen molar-refractivity contribution >= 4 is 23.7 Å². The number of carbonyl (C=O) groups is 4. The average molecular weight is 842 g/mol. The third kappa shape index (κ3) is 25.3. The van der Waals surface area contributed by atoms with Crippen molar-refractivity contribution < 1.29 is 48.7 Å². The molecule has 0 saturated carbocycles. The smallest absolute Gasteiger partial charge is 0.305 e. The van der Waals surface area contributed by atoms with Gasteiger partial charge in [-0.3, -0.25) is 19.2 Å². The molecule has 0 aromatic carbocycles. The maximum atomic E-state index is 14.1. The van der Waals surface area contributed by atoms with Gasteiger partial charge < -0.3 is 45.5 Å². The van der Waals surface area contributed by atoms with E-state index in [0.717, 1.165) is 38.5 Å². The van der Waals surface area contributed by atoms with Crippen molar-refractivity contribution in [3.8, 4) is 0 Å². The Morgan fingerprint density at radius 3 is 1.41 bits per heavy atom. The Balaban J connectivity index is 2.96. The van der Waals surface area contributed by atoms with E-state index in [1.165, 1.54) is 137 Å². The summed E-state index contributed by atoms with van der Waals surface area (Å²) in [5.41, 5.74) is 0. The van der Waals surface area contributed by atoms with Crippen LogP contribution >= 0.6 is 0 Å². The summed E-state index contributed by atoms with van der Waals surface area (Å²) < 4.78 is 16.1. The van der Waals surface area contributed by atoms with Crippen LogP contribution in [0.4, 0.5) is 0 Å². The van der Waals surface area contributed by atoms with E-state index in [-0.39, 0.29) is 24.7 Å². The Bertz CT molecular complexity index is 1070. The largest absolute Gasteiger partial charge is 0.469 e. The minimum Gasteiger partial charge on any atom is -0.469 e. The molecular weight excluding hydrogens is 755 g/mol. The summed E-state index contributed by atoms with van der Waals surface area (Å²) in [5, 5.41) is 39.1. The summed E-state index contributed by atoms with van der Waals surface area (Å²) in [6.07, 6.45) is 23.7. The lowest BCUT2D eigenvalue weighted by Gasteiger charge is -2.39. The highest BCUT2D eigenvalue weighted by Crippen LogP contribution is 2.23. The van der Waals surface area contributed by atoms with Crippen LogP contribution in [0, 0.1) is 5.92 Å². The average Bonchev–Trinajstić information content (AvgIpc) is 3.23. The highest BCUT2D eigenvalue weighted by atomic mass is 16.7. The first-order chi connectivity index (χ1) is 28.5. The molecule has 0 aromatic rings. The lowest BCUT2D eigenvalue weighted by Crippen LogP contribution is -2.59. The molecule has 1 saturated heterocycles. The quantitative estimate of drug-likeness (QED) is 0.0273. The number of unbranched alkanes of at least 4 members (excludes halogenated alkanes) is 22. The molecule has 1 aliphatic rings. The van der Waals surface area contributed by atoms with Crippen LogP contribution in [0.3, 0.4) is 0 Å². The summed E-state index contributed by atoms with van der Waals surface area (Å²) >= 11 is 0. The van der Waals surface area contributed by atoms with Crippen molar-refractivity contribution in [2.75, 3.05) is 20.8 Å². The number of aliphatic hydroxyl groups excluding tert-OH is 3. The normalized spacial score (nSPS) is 20.3. The lowest BCUT2D eigenvalue weighted by atomic mass is 9.92. The van der Waals surface area contributed by atoms with Crippen molar-refractivity contribution in [1.29, 1.82) is 0 Å². The maximum absolute atomic E-state index is 14.1. The highest BCUT2D eigenvalue weighted by molar-refractivity contribution is 5.92. The molecule has 0 aliphatic carbocycles. The van der Waals surface area contributed by atoms with E-state index in [4.69, 9.17) is 14.2 Å². The summed E-state index contributed by atoms with van der Waals surface area (Å²) in [5.74, 6) is -2.41. The van der Waals surface area contributed by atoms with Gasteiger partial charge in [0.2, 0.25) is 17.7 Å². The first-order valence-corrected chi connectivity index (χ1v) is 23.7. The predicted octanol–water partition coefficient (Wildman–Crippen LogP) is 7.30. The van der Waals surface area contributed by atoms with E-state index in [2.05, 4.69) is 29.8 Å². The van der Waals surface area contributed by atoms with E-state index in [0.29, 0.717) is 12.8 Å². The van der Waals surface area contributed by atoms with Crippen LogP contribution in [-0.4, -0.2) is 103 Å². The number of hydrogen-bond donors (Lipinski definition) is 6. The summed E-state index contributed by atoms with van der Waals surface area (Å²) in [6.45, 7) is 5.56. The zero-order chi connectivity index (χ0) is 43.7. The number of methoxy groups -OCH3 is 1. The van der Waals surface area contributed by atoms with Gasteiger partial charge in [0.05, 0.1) is 19.8 Å². The first-order valence-electron chi connectivity index (χ1n) is 23.7. The summed E-state index contributed by atoms with van der Waals surface area (Å²) in [4.78, 5) is 52.5. The van der Waals surface area contributed by atoms with Crippen LogP contribution in [0.2, 0.25) is 0 Å². The van der Waals surface area contributed by atoms with Gasteiger partial charge in [0.1, 0.15) is 30.4 Å². The van der Waals surface area contributed by atoms with Crippen LogP contribution in [-0.2, 0) is 33.4 Å². The molecule has 1 fully saturated rings. The topological polar surface area (TPSA) is 193 Å². The van der Waals surface area contributed by atoms with Crippen LogP contribution < -0.4 is 16.0 Å². The van der Waals surface area contributed by atoms with E-state index < -0.39 is 67.2 Å². The van der Waals surface area contributed by atoms with E-state index in [1.54, 1.807) is 0 Å². The van der Waals surface area contributed by atoms with Crippen LogP contribution in [0.25, 0.3) is 0 Å². The fraction of sp³-hybridized carbons (Fsp3) is 0.913. The van der Waals surface area contributed by atoms with Crippen molar-refractivity contribution in [1.82, 2.24) is 16.0 Å². The molecule has 6 N–H and O–H groups in total. The number of likely N-dealkylation sites (N-methyl/N-ethyl adjacent to an activating group) is 1. The van der Waals surface area contributed by atoms with Crippen molar-refractivity contribution in [2.24, 2.45) is 5.92 Å². The SMILES string of the molecule is CCCCCCCCCCCCCCC(CCCCCCCCCCCCCC)C(=O)N[C@H](CO[C@@H]1O[C@@H](C)[C@@H](O)[C@@H](O)[C@@H]1O)C(=O)N[C@@H](CCC(=O)OC)C(=O)NC. The Hall–Kier alpha value is -2.32. The molecule has 0 spiro atoms. The van der Waals surface area contributed by atoms with Gasteiger partial charge in [0, 0.05) is 19.4 Å². The summed E-state index contributed by atoms with van der Waals surface area (Å²) in [7, 11) is 2.66. The van der Waals surface area contributed by atoms with E-state index >= 15 is 0 Å². The number of rotatable bonds is 37. The van der Waals surface area contributed by atoms with Gasteiger partial charge in [0.25, 0.3) is 0 Å². The molecule has 1 aliphatic heterocycles. The third-order valence-corrected chi connectivity index (χ3v) is 11.8. The standard InChI is InChI=1S/C46H87N3O10/c1-6-8-10-12-14-16-18-20-22-24-26-28-30-36(31-29-27-25-23-21-19-17-15-13-11-9-7-2)43(54)49-38(34-58-46-42(53)41(52)40(51)35(3)59-46)45(56)48-37(44(55)47-4)32-33-39(50)57-5/h35-38,40-42,46,51-53H,6-34H2,1-5H3,(H,47,55)(H,48,56)(H,49,54)/t35-,37-,38+,40+,41+,42-,46+/m0/s1. The van der Waals surface area contributed by atoms with Crippen LogP contribution in [0.5, 0.6) is 0 Å². The number of nitrogens with one attached hydrogen (secondary N) is 3. The number of hydrogen-bond acceptors (Lipinski definition) is 10. The van der Waals surface area contributed by atoms with Gasteiger partial charge in [-0.2, -0.15) is 0 Å². The number of aliphatic hydroxyl groups is 3. The molecule has 0 radical (unpaired) electrons. The van der Waals surface area contributed by atoms with E-state index in [1.807, 2.05) is 0 Å². The van der Waals surface area contributed by atoms with Crippen molar-refractivity contribution in [3.05, 3.63) is 0 Å². The highest BCUT2D eigenvalue weighted by Gasteiger charge is 2.43. The molecule has 13 heteroatoms. The molecule has 1 rings (SSSR count). The number of esters is 1. The molecule has 59 heavy (non-hydrogen) atoms. The minimum atomic E-state index is -1.61. The Morgan fingerprint density at radius 1 is 0.559 bits per heavy atom. The fourth-order valence-electron chi connectivity index (χ4n) is 7.76. The van der Waals surface area contributed by atoms with Crippen LogP contribution in [0.1, 0.15) is 201 Å². The Labute approximate surface area is 357 Å². The first kappa shape index (κ1) is 54.7. The molecule has 7 atom stereocenters. The zero-order valence-electron chi connectivity index (χ0n) is 37.8. The van der Waals surface area contributed by atoms with Crippen molar-refractivity contribution in [2.45, 2.75) is 243 Å².